The molecule has 19 heavy (non-hydrogen) atoms. The quantitative estimate of drug-likeness (QED) is 0.808. The third kappa shape index (κ3) is 2.79. The van der Waals surface area contributed by atoms with Crippen LogP contribution in [0.25, 0.3) is 0 Å². The Balaban J connectivity index is 2.16. The molecule has 0 atom stereocenters. The topological polar surface area (TPSA) is 81.4 Å². The van der Waals surface area contributed by atoms with E-state index in [9.17, 15) is 9.59 Å². The summed E-state index contributed by atoms with van der Waals surface area (Å²) in [5, 5.41) is 3.38. The van der Waals surface area contributed by atoms with E-state index < -0.39 is 11.4 Å². The highest BCUT2D eigenvalue weighted by molar-refractivity contribution is 7.16. The Labute approximate surface area is 116 Å². The van der Waals surface area contributed by atoms with Crippen molar-refractivity contribution in [1.82, 2.24) is 0 Å². The number of ether oxygens (including phenoxy) is 1. The molecular weight excluding hydrogens is 264 g/mol. The van der Waals surface area contributed by atoms with Gasteiger partial charge in [0.25, 0.3) is 0 Å². The molecule has 0 bridgehead atoms. The SMILES string of the molecule is CCOC(=O)c1cc(C)sc1NC(=O)C1(CN)CC1. The first-order valence-corrected chi connectivity index (χ1v) is 7.13. The molecule has 104 valence electrons. The maximum Gasteiger partial charge on any atom is 0.341 e. The van der Waals surface area contributed by atoms with Crippen LogP contribution in [-0.4, -0.2) is 25.0 Å². The molecule has 1 saturated carbocycles. The summed E-state index contributed by atoms with van der Waals surface area (Å²) in [5.41, 5.74) is 5.62. The van der Waals surface area contributed by atoms with Gasteiger partial charge in [0.05, 0.1) is 17.6 Å². The van der Waals surface area contributed by atoms with E-state index in [4.69, 9.17) is 10.5 Å². The van der Waals surface area contributed by atoms with Crippen molar-refractivity contribution in [3.05, 3.63) is 16.5 Å². The van der Waals surface area contributed by atoms with Gasteiger partial charge < -0.3 is 15.8 Å². The van der Waals surface area contributed by atoms with Crippen molar-refractivity contribution < 1.29 is 14.3 Å². The number of hydrogen-bond acceptors (Lipinski definition) is 5. The molecule has 1 fully saturated rings. The smallest absolute Gasteiger partial charge is 0.341 e. The first-order valence-electron chi connectivity index (χ1n) is 6.31. The number of carbonyl (C=O) groups excluding carboxylic acids is 2. The Kier molecular flexibility index (Phi) is 3.91. The van der Waals surface area contributed by atoms with Gasteiger partial charge in [0, 0.05) is 11.4 Å². The molecule has 0 aromatic carbocycles. The van der Waals surface area contributed by atoms with E-state index in [0.717, 1.165) is 17.7 Å². The number of esters is 1. The highest BCUT2D eigenvalue weighted by Crippen LogP contribution is 2.46. The Morgan fingerprint density at radius 1 is 1.53 bits per heavy atom. The van der Waals surface area contributed by atoms with Gasteiger partial charge in [-0.1, -0.05) is 0 Å². The van der Waals surface area contributed by atoms with Gasteiger partial charge in [0.15, 0.2) is 0 Å². The van der Waals surface area contributed by atoms with Crippen molar-refractivity contribution in [3.8, 4) is 0 Å². The summed E-state index contributed by atoms with van der Waals surface area (Å²) >= 11 is 1.38. The van der Waals surface area contributed by atoms with Crippen LogP contribution in [0.2, 0.25) is 0 Å². The molecule has 0 unspecified atom stereocenters. The Bertz CT molecular complexity index is 506. The highest BCUT2D eigenvalue weighted by atomic mass is 32.1. The molecular formula is C13H18N2O3S. The van der Waals surface area contributed by atoms with Crippen LogP contribution in [0.1, 0.15) is 35.0 Å². The van der Waals surface area contributed by atoms with Gasteiger partial charge in [-0.3, -0.25) is 4.79 Å². The predicted molar refractivity (Wildman–Crippen MR) is 74.4 cm³/mol. The molecule has 0 radical (unpaired) electrons. The number of thiophene rings is 1. The molecule has 1 heterocycles. The summed E-state index contributed by atoms with van der Waals surface area (Å²) in [6.45, 7) is 4.30. The maximum absolute atomic E-state index is 12.1. The minimum absolute atomic E-state index is 0.0950. The second-order valence-electron chi connectivity index (χ2n) is 4.76. The fourth-order valence-electron chi connectivity index (χ4n) is 1.88. The zero-order valence-corrected chi connectivity index (χ0v) is 11.9. The Morgan fingerprint density at radius 3 is 2.74 bits per heavy atom. The molecule has 6 heteroatoms. The van der Waals surface area contributed by atoms with E-state index in [1.165, 1.54) is 11.3 Å². The molecule has 1 aliphatic rings. The fraction of sp³-hybridized carbons (Fsp3) is 0.538. The number of nitrogens with one attached hydrogen (secondary N) is 1. The lowest BCUT2D eigenvalue weighted by Gasteiger charge is -2.12. The first-order chi connectivity index (χ1) is 9.02. The molecule has 1 aromatic heterocycles. The molecule has 0 saturated heterocycles. The van der Waals surface area contributed by atoms with Gasteiger partial charge >= 0.3 is 5.97 Å². The second-order valence-corrected chi connectivity index (χ2v) is 6.02. The van der Waals surface area contributed by atoms with Crippen molar-refractivity contribution in [2.75, 3.05) is 18.5 Å². The number of hydrogen-bond donors (Lipinski definition) is 2. The molecule has 1 aromatic rings. The van der Waals surface area contributed by atoms with Crippen LogP contribution in [0.3, 0.4) is 0 Å². The highest BCUT2D eigenvalue weighted by Gasteiger charge is 2.48. The average Bonchev–Trinajstić information content (AvgIpc) is 3.09. The van der Waals surface area contributed by atoms with Crippen molar-refractivity contribution in [2.45, 2.75) is 26.7 Å². The maximum atomic E-state index is 12.1. The first kappa shape index (κ1) is 14.0. The summed E-state index contributed by atoms with van der Waals surface area (Å²) in [5.74, 6) is -0.498. The number of anilines is 1. The predicted octanol–water partition coefficient (Wildman–Crippen LogP) is 1.91. The Morgan fingerprint density at radius 2 is 2.21 bits per heavy atom. The molecule has 3 N–H and O–H groups in total. The van der Waals surface area contributed by atoms with E-state index in [1.54, 1.807) is 13.0 Å². The summed E-state index contributed by atoms with van der Waals surface area (Å²) in [6, 6.07) is 1.74. The fourth-order valence-corrected chi connectivity index (χ4v) is 2.77. The molecule has 0 spiro atoms. The third-order valence-corrected chi connectivity index (χ3v) is 4.27. The van der Waals surface area contributed by atoms with Crippen LogP contribution in [0.15, 0.2) is 6.07 Å². The van der Waals surface area contributed by atoms with Crippen LogP contribution in [0.5, 0.6) is 0 Å². The summed E-state index contributed by atoms with van der Waals surface area (Å²) in [6.07, 6.45) is 1.63. The van der Waals surface area contributed by atoms with Crippen LogP contribution in [0.4, 0.5) is 5.00 Å². The zero-order valence-electron chi connectivity index (χ0n) is 11.1. The molecule has 2 rings (SSSR count). The van der Waals surface area contributed by atoms with Gasteiger partial charge in [0.2, 0.25) is 5.91 Å². The normalized spacial score (nSPS) is 15.9. The van der Waals surface area contributed by atoms with Crippen LogP contribution < -0.4 is 11.1 Å². The Hall–Kier alpha value is -1.40. The van der Waals surface area contributed by atoms with Crippen LogP contribution in [-0.2, 0) is 9.53 Å². The van der Waals surface area contributed by atoms with Gasteiger partial charge in [-0.05, 0) is 32.8 Å². The molecule has 5 nitrogen and oxygen atoms in total. The third-order valence-electron chi connectivity index (χ3n) is 3.30. The second kappa shape index (κ2) is 5.30. The minimum Gasteiger partial charge on any atom is -0.462 e. The number of amides is 1. The summed E-state index contributed by atoms with van der Waals surface area (Å²) in [7, 11) is 0. The lowest BCUT2D eigenvalue weighted by molar-refractivity contribution is -0.120. The molecule has 1 amide bonds. The molecule has 1 aliphatic carbocycles. The summed E-state index contributed by atoms with van der Waals surface area (Å²) in [4.78, 5) is 24.9. The van der Waals surface area contributed by atoms with E-state index in [-0.39, 0.29) is 5.91 Å². The number of carbonyl (C=O) groups is 2. The number of rotatable bonds is 5. The van der Waals surface area contributed by atoms with Gasteiger partial charge in [0.1, 0.15) is 5.00 Å². The van der Waals surface area contributed by atoms with E-state index in [0.29, 0.717) is 23.7 Å². The van der Waals surface area contributed by atoms with E-state index in [2.05, 4.69) is 5.32 Å². The van der Waals surface area contributed by atoms with E-state index in [1.807, 2.05) is 6.92 Å². The standard InChI is InChI=1S/C13H18N2O3S/c1-3-18-11(16)9-6-8(2)19-10(9)15-12(17)13(7-14)4-5-13/h6H,3-5,7,14H2,1-2H3,(H,15,17). The van der Waals surface area contributed by atoms with Crippen molar-refractivity contribution in [3.63, 3.8) is 0 Å². The average molecular weight is 282 g/mol. The van der Waals surface area contributed by atoms with Gasteiger partial charge in [-0.15, -0.1) is 11.3 Å². The van der Waals surface area contributed by atoms with Crippen LogP contribution in [0, 0.1) is 12.3 Å². The van der Waals surface area contributed by atoms with E-state index >= 15 is 0 Å². The van der Waals surface area contributed by atoms with Crippen LogP contribution >= 0.6 is 11.3 Å². The largest absolute Gasteiger partial charge is 0.462 e. The van der Waals surface area contributed by atoms with Crippen molar-refractivity contribution in [2.24, 2.45) is 11.1 Å². The molecule has 0 aliphatic heterocycles. The lowest BCUT2D eigenvalue weighted by Crippen LogP contribution is -2.31. The lowest BCUT2D eigenvalue weighted by atomic mass is 10.1. The number of nitrogens with two attached hydrogens (primary N) is 1. The monoisotopic (exact) mass is 282 g/mol. The zero-order chi connectivity index (χ0) is 14.0. The number of aryl methyl sites for hydroxylation is 1. The van der Waals surface area contributed by atoms with Gasteiger partial charge in [-0.2, -0.15) is 0 Å². The van der Waals surface area contributed by atoms with Crippen molar-refractivity contribution in [1.29, 1.82) is 0 Å². The van der Waals surface area contributed by atoms with Crippen molar-refractivity contribution >= 4 is 28.2 Å². The van der Waals surface area contributed by atoms with Gasteiger partial charge in [-0.25, -0.2) is 4.79 Å². The minimum atomic E-state index is -0.427. The summed E-state index contributed by atoms with van der Waals surface area (Å²) < 4.78 is 4.98.